The summed E-state index contributed by atoms with van der Waals surface area (Å²) >= 11 is 0. The summed E-state index contributed by atoms with van der Waals surface area (Å²) < 4.78 is 1.81. The highest BCUT2D eigenvalue weighted by molar-refractivity contribution is 5.79. The zero-order valence-electron chi connectivity index (χ0n) is 11.4. The van der Waals surface area contributed by atoms with Crippen LogP contribution in [0.3, 0.4) is 0 Å². The molecule has 18 heavy (non-hydrogen) atoms. The predicted octanol–water partition coefficient (Wildman–Crippen LogP) is 0.810. The molecule has 1 aromatic heterocycles. The van der Waals surface area contributed by atoms with Crippen molar-refractivity contribution in [3.63, 3.8) is 0 Å². The fourth-order valence-electron chi connectivity index (χ4n) is 1.81. The van der Waals surface area contributed by atoms with Gasteiger partial charge >= 0.3 is 0 Å². The summed E-state index contributed by atoms with van der Waals surface area (Å²) in [6.45, 7) is 6.04. The maximum atomic E-state index is 8.53. The number of nitrogens with two attached hydrogens (primary N) is 1. The van der Waals surface area contributed by atoms with Crippen molar-refractivity contribution in [3.8, 4) is 0 Å². The maximum absolute atomic E-state index is 8.53. The monoisotopic (exact) mass is 253 g/mol. The quantitative estimate of drug-likeness (QED) is 0.326. The first kappa shape index (κ1) is 14.5. The lowest BCUT2D eigenvalue weighted by Gasteiger charge is -2.25. The Kier molecular flexibility index (Phi) is 5.64. The molecule has 102 valence electrons. The van der Waals surface area contributed by atoms with Crippen molar-refractivity contribution in [2.75, 3.05) is 13.1 Å². The van der Waals surface area contributed by atoms with E-state index in [9.17, 15) is 0 Å². The van der Waals surface area contributed by atoms with Crippen LogP contribution in [0.4, 0.5) is 0 Å². The van der Waals surface area contributed by atoms with Crippen LogP contribution < -0.4 is 5.73 Å². The smallest absolute Gasteiger partial charge is 0.140 e. The first-order valence-corrected chi connectivity index (χ1v) is 6.21. The van der Waals surface area contributed by atoms with Gasteiger partial charge in [0.25, 0.3) is 0 Å². The number of amidine groups is 1. The summed E-state index contributed by atoms with van der Waals surface area (Å²) in [6, 6.07) is 0.438. The normalized spacial score (nSPS) is 12.6. The van der Waals surface area contributed by atoms with Gasteiger partial charge in [0.15, 0.2) is 0 Å². The van der Waals surface area contributed by atoms with Gasteiger partial charge in [-0.2, -0.15) is 5.10 Å². The lowest BCUT2D eigenvalue weighted by molar-refractivity contribution is 0.229. The highest BCUT2D eigenvalue weighted by Crippen LogP contribution is 2.04. The van der Waals surface area contributed by atoms with Gasteiger partial charge in [0.1, 0.15) is 5.84 Å². The lowest BCUT2D eigenvalue weighted by atomic mass is 10.2. The van der Waals surface area contributed by atoms with Crippen LogP contribution in [0.1, 0.15) is 25.8 Å². The van der Waals surface area contributed by atoms with Crippen LogP contribution in [-0.4, -0.2) is 44.9 Å². The molecule has 0 radical (unpaired) electrons. The summed E-state index contributed by atoms with van der Waals surface area (Å²) in [7, 11) is 1.92. The second-order valence-corrected chi connectivity index (χ2v) is 4.74. The second kappa shape index (κ2) is 7.00. The fourth-order valence-corrected chi connectivity index (χ4v) is 1.81. The van der Waals surface area contributed by atoms with E-state index in [0.29, 0.717) is 12.5 Å². The number of oxime groups is 1. The Bertz CT molecular complexity index is 386. The van der Waals surface area contributed by atoms with Gasteiger partial charge in [-0.3, -0.25) is 4.68 Å². The zero-order chi connectivity index (χ0) is 13.5. The Labute approximate surface area is 108 Å². The molecule has 1 heterocycles. The predicted molar refractivity (Wildman–Crippen MR) is 71.6 cm³/mol. The molecule has 0 spiro atoms. The maximum Gasteiger partial charge on any atom is 0.140 e. The van der Waals surface area contributed by atoms with Crippen molar-refractivity contribution >= 4 is 5.84 Å². The largest absolute Gasteiger partial charge is 0.409 e. The van der Waals surface area contributed by atoms with E-state index in [0.717, 1.165) is 19.5 Å². The number of aromatic nitrogens is 2. The van der Waals surface area contributed by atoms with Gasteiger partial charge < -0.3 is 15.8 Å². The molecule has 0 aliphatic rings. The van der Waals surface area contributed by atoms with Crippen LogP contribution in [-0.2, 0) is 13.5 Å². The van der Waals surface area contributed by atoms with Gasteiger partial charge in [-0.15, -0.1) is 0 Å². The zero-order valence-corrected chi connectivity index (χ0v) is 11.4. The fraction of sp³-hybridized carbons (Fsp3) is 0.667. The Morgan fingerprint density at radius 3 is 2.78 bits per heavy atom. The van der Waals surface area contributed by atoms with E-state index in [1.165, 1.54) is 5.56 Å². The first-order valence-electron chi connectivity index (χ1n) is 6.21. The highest BCUT2D eigenvalue weighted by atomic mass is 16.4. The van der Waals surface area contributed by atoms with Crippen LogP contribution in [0.15, 0.2) is 17.5 Å². The van der Waals surface area contributed by atoms with Crippen molar-refractivity contribution in [1.82, 2.24) is 14.7 Å². The third kappa shape index (κ3) is 4.75. The molecule has 0 aromatic carbocycles. The average molecular weight is 253 g/mol. The van der Waals surface area contributed by atoms with E-state index >= 15 is 0 Å². The minimum absolute atomic E-state index is 0.280. The molecule has 3 N–H and O–H groups in total. The third-order valence-corrected chi connectivity index (χ3v) is 2.96. The Hall–Kier alpha value is -1.56. The molecule has 0 aliphatic carbocycles. The van der Waals surface area contributed by atoms with Crippen LogP contribution in [0.2, 0.25) is 0 Å². The summed E-state index contributed by atoms with van der Waals surface area (Å²) in [4.78, 5) is 2.31. The van der Waals surface area contributed by atoms with Gasteiger partial charge in [-0.1, -0.05) is 5.16 Å². The van der Waals surface area contributed by atoms with E-state index < -0.39 is 0 Å². The van der Waals surface area contributed by atoms with Gasteiger partial charge in [0, 0.05) is 38.8 Å². The van der Waals surface area contributed by atoms with E-state index in [1.54, 1.807) is 0 Å². The minimum Gasteiger partial charge on any atom is -0.409 e. The van der Waals surface area contributed by atoms with Crippen LogP contribution in [0, 0.1) is 0 Å². The molecule has 1 rings (SSSR count). The van der Waals surface area contributed by atoms with Gasteiger partial charge in [-0.05, 0) is 25.8 Å². The van der Waals surface area contributed by atoms with E-state index in [2.05, 4.69) is 29.0 Å². The van der Waals surface area contributed by atoms with Crippen LogP contribution in [0.25, 0.3) is 0 Å². The van der Waals surface area contributed by atoms with Crippen molar-refractivity contribution in [3.05, 3.63) is 18.0 Å². The van der Waals surface area contributed by atoms with Crippen LogP contribution >= 0.6 is 0 Å². The topological polar surface area (TPSA) is 79.7 Å². The molecule has 6 heteroatoms. The summed E-state index contributed by atoms with van der Waals surface area (Å²) in [5.41, 5.74) is 6.72. The van der Waals surface area contributed by atoms with Gasteiger partial charge in [0.2, 0.25) is 0 Å². The number of hydrogen-bond acceptors (Lipinski definition) is 4. The molecule has 0 amide bonds. The first-order chi connectivity index (χ1) is 8.52. The number of hydrogen-bond donors (Lipinski definition) is 2. The van der Waals surface area contributed by atoms with Crippen molar-refractivity contribution in [1.29, 1.82) is 0 Å². The molecule has 6 nitrogen and oxygen atoms in total. The standard InChI is InChI=1S/C12H23N5O/c1-10(2)17(7-5-12(13)15-18)6-4-11-8-14-16(3)9-11/h8-10,18H,4-7H2,1-3H3,(H2,13,15). The number of nitrogens with zero attached hydrogens (tertiary/aromatic N) is 4. The molecule has 0 atom stereocenters. The lowest BCUT2D eigenvalue weighted by Crippen LogP contribution is -2.35. The summed E-state index contributed by atoms with van der Waals surface area (Å²) in [5, 5.41) is 15.7. The summed E-state index contributed by atoms with van der Waals surface area (Å²) in [5.74, 6) is 0.280. The molecule has 0 aliphatic heterocycles. The SMILES string of the molecule is CC(C)N(CCC(N)=NO)CCc1cnn(C)c1. The average Bonchev–Trinajstić information content (AvgIpc) is 2.74. The van der Waals surface area contributed by atoms with E-state index in [-0.39, 0.29) is 5.84 Å². The van der Waals surface area contributed by atoms with Crippen LogP contribution in [0.5, 0.6) is 0 Å². The molecular formula is C12H23N5O. The molecular weight excluding hydrogens is 230 g/mol. The van der Waals surface area contributed by atoms with Gasteiger partial charge in [0.05, 0.1) is 6.20 Å². The third-order valence-electron chi connectivity index (χ3n) is 2.96. The Balaban J connectivity index is 2.43. The van der Waals surface area contributed by atoms with Crippen molar-refractivity contribution < 1.29 is 5.21 Å². The second-order valence-electron chi connectivity index (χ2n) is 4.74. The molecule has 0 saturated heterocycles. The molecule has 0 fully saturated rings. The van der Waals surface area contributed by atoms with Gasteiger partial charge in [-0.25, -0.2) is 0 Å². The number of rotatable bonds is 7. The van der Waals surface area contributed by atoms with Crippen molar-refractivity contribution in [2.45, 2.75) is 32.7 Å². The number of aryl methyl sites for hydroxylation is 1. The van der Waals surface area contributed by atoms with E-state index in [1.807, 2.05) is 24.1 Å². The summed E-state index contributed by atoms with van der Waals surface area (Å²) in [6.07, 6.45) is 5.47. The van der Waals surface area contributed by atoms with E-state index in [4.69, 9.17) is 10.9 Å². The Morgan fingerprint density at radius 1 is 1.56 bits per heavy atom. The highest BCUT2D eigenvalue weighted by Gasteiger charge is 2.10. The molecule has 1 aromatic rings. The molecule has 0 bridgehead atoms. The Morgan fingerprint density at radius 2 is 2.28 bits per heavy atom. The van der Waals surface area contributed by atoms with Crippen molar-refractivity contribution in [2.24, 2.45) is 17.9 Å². The molecule has 0 saturated carbocycles. The molecule has 0 unspecified atom stereocenters. The minimum atomic E-state index is 0.280.